The first kappa shape index (κ1) is 19.0. The molecule has 0 aromatic heterocycles. The summed E-state index contributed by atoms with van der Waals surface area (Å²) in [6.07, 6.45) is 3.56. The Labute approximate surface area is 165 Å². The predicted octanol–water partition coefficient (Wildman–Crippen LogP) is 3.07. The number of nitrogens with zero attached hydrogens (tertiary/aromatic N) is 2. The Bertz CT molecular complexity index is 980. The van der Waals surface area contributed by atoms with Crippen LogP contribution in [0.3, 0.4) is 0 Å². The van der Waals surface area contributed by atoms with Gasteiger partial charge in [0.05, 0.1) is 12.0 Å². The van der Waals surface area contributed by atoms with Gasteiger partial charge in [0.15, 0.2) is 0 Å². The largest absolute Gasteiger partial charge is 0.497 e. The summed E-state index contributed by atoms with van der Waals surface area (Å²) in [6, 6.07) is 12.1. The number of anilines is 1. The average molecular weight is 401 g/mol. The molecule has 6 nitrogen and oxygen atoms in total. The molecule has 2 aromatic carbocycles. The first-order valence-corrected chi connectivity index (χ1v) is 11.0. The topological polar surface area (TPSA) is 66.9 Å². The third kappa shape index (κ3) is 3.40. The van der Waals surface area contributed by atoms with Gasteiger partial charge in [0.25, 0.3) is 5.91 Å². The van der Waals surface area contributed by atoms with E-state index in [9.17, 15) is 13.2 Å². The molecule has 2 heterocycles. The van der Waals surface area contributed by atoms with Crippen LogP contribution in [-0.2, 0) is 16.4 Å². The number of amides is 1. The number of sulfonamides is 1. The van der Waals surface area contributed by atoms with Gasteiger partial charge in [-0.15, -0.1) is 0 Å². The van der Waals surface area contributed by atoms with E-state index in [1.54, 1.807) is 58.8 Å². The molecule has 0 spiro atoms. The lowest BCUT2D eigenvalue weighted by Gasteiger charge is -2.26. The molecule has 4 rings (SSSR count). The molecule has 0 radical (unpaired) electrons. The van der Waals surface area contributed by atoms with Crippen LogP contribution >= 0.6 is 0 Å². The first-order valence-electron chi connectivity index (χ1n) is 9.60. The van der Waals surface area contributed by atoms with E-state index in [-0.39, 0.29) is 5.91 Å². The number of fused-ring (bicyclic) bond motifs is 1. The van der Waals surface area contributed by atoms with Crippen LogP contribution < -0.4 is 9.64 Å². The summed E-state index contributed by atoms with van der Waals surface area (Å²) < 4.78 is 32.6. The van der Waals surface area contributed by atoms with Crippen molar-refractivity contribution in [3.05, 3.63) is 53.6 Å². The summed E-state index contributed by atoms with van der Waals surface area (Å²) in [5, 5.41) is 0. The monoisotopic (exact) mass is 400 g/mol. The van der Waals surface area contributed by atoms with Gasteiger partial charge in [-0.05, 0) is 67.3 Å². The lowest BCUT2D eigenvalue weighted by Crippen LogP contribution is -2.35. The highest BCUT2D eigenvalue weighted by Gasteiger charge is 2.30. The Morgan fingerprint density at radius 3 is 2.36 bits per heavy atom. The number of ether oxygens (including phenoxy) is 1. The zero-order chi connectivity index (χ0) is 19.7. The fraction of sp³-hybridized carbons (Fsp3) is 0.381. The van der Waals surface area contributed by atoms with Crippen LogP contribution in [0.25, 0.3) is 0 Å². The molecule has 1 saturated heterocycles. The average Bonchev–Trinajstić information content (AvgIpc) is 3.17. The molecule has 2 aromatic rings. The zero-order valence-corrected chi connectivity index (χ0v) is 16.7. The summed E-state index contributed by atoms with van der Waals surface area (Å²) in [5.74, 6) is 0.610. The molecule has 0 saturated carbocycles. The standard InChI is InChI=1S/C21H24N2O4S/c1-27-18-7-5-16(6-8-18)21(24)23-14-11-17-15-19(9-10-20(17)23)28(25,26)22-12-3-2-4-13-22/h5-10,15H,2-4,11-14H2,1H3. The molecule has 0 bridgehead atoms. The lowest BCUT2D eigenvalue weighted by atomic mass is 10.1. The van der Waals surface area contributed by atoms with E-state index in [0.717, 1.165) is 30.5 Å². The highest BCUT2D eigenvalue weighted by atomic mass is 32.2. The van der Waals surface area contributed by atoms with Crippen LogP contribution in [0.2, 0.25) is 0 Å². The van der Waals surface area contributed by atoms with Gasteiger partial charge in [0.1, 0.15) is 5.75 Å². The van der Waals surface area contributed by atoms with Crippen molar-refractivity contribution in [1.82, 2.24) is 4.31 Å². The Balaban J connectivity index is 1.58. The summed E-state index contributed by atoms with van der Waals surface area (Å²) in [4.78, 5) is 14.9. The van der Waals surface area contributed by atoms with E-state index in [4.69, 9.17) is 4.74 Å². The third-order valence-corrected chi connectivity index (χ3v) is 7.38. The van der Waals surface area contributed by atoms with Gasteiger partial charge in [-0.1, -0.05) is 6.42 Å². The number of methoxy groups -OCH3 is 1. The summed E-state index contributed by atoms with van der Waals surface area (Å²) >= 11 is 0. The van der Waals surface area contributed by atoms with E-state index in [2.05, 4.69) is 0 Å². The van der Waals surface area contributed by atoms with Gasteiger partial charge < -0.3 is 9.64 Å². The highest BCUT2D eigenvalue weighted by molar-refractivity contribution is 7.89. The van der Waals surface area contributed by atoms with Gasteiger partial charge >= 0.3 is 0 Å². The summed E-state index contributed by atoms with van der Waals surface area (Å²) in [5.41, 5.74) is 2.28. The van der Waals surface area contributed by atoms with E-state index in [0.29, 0.717) is 42.3 Å². The first-order chi connectivity index (χ1) is 13.5. The van der Waals surface area contributed by atoms with E-state index < -0.39 is 10.0 Å². The SMILES string of the molecule is COc1ccc(C(=O)N2CCc3cc(S(=O)(=O)N4CCCCC4)ccc32)cc1. The van der Waals surface area contributed by atoms with Gasteiger partial charge in [-0.25, -0.2) is 8.42 Å². The van der Waals surface area contributed by atoms with Crippen molar-refractivity contribution in [3.8, 4) is 5.75 Å². The van der Waals surface area contributed by atoms with Gasteiger partial charge in [0, 0.05) is 30.9 Å². The van der Waals surface area contributed by atoms with Crippen molar-refractivity contribution in [1.29, 1.82) is 0 Å². The van der Waals surface area contributed by atoms with Crippen LogP contribution in [0.1, 0.15) is 35.2 Å². The Morgan fingerprint density at radius 1 is 0.964 bits per heavy atom. The summed E-state index contributed by atoms with van der Waals surface area (Å²) in [6.45, 7) is 1.72. The van der Waals surface area contributed by atoms with Gasteiger partial charge in [-0.2, -0.15) is 4.31 Å². The minimum Gasteiger partial charge on any atom is -0.497 e. The molecule has 2 aliphatic heterocycles. The second-order valence-corrected chi connectivity index (χ2v) is 9.13. The molecule has 1 amide bonds. The molecule has 28 heavy (non-hydrogen) atoms. The number of hydrogen-bond donors (Lipinski definition) is 0. The van der Waals surface area contributed by atoms with Crippen molar-refractivity contribution in [2.24, 2.45) is 0 Å². The fourth-order valence-corrected chi connectivity index (χ4v) is 5.46. The molecule has 0 atom stereocenters. The van der Waals surface area contributed by atoms with Crippen molar-refractivity contribution >= 4 is 21.6 Å². The highest BCUT2D eigenvalue weighted by Crippen LogP contribution is 2.33. The molecular formula is C21H24N2O4S. The molecule has 7 heteroatoms. The van der Waals surface area contributed by atoms with Crippen molar-refractivity contribution in [2.45, 2.75) is 30.6 Å². The van der Waals surface area contributed by atoms with Crippen molar-refractivity contribution in [2.75, 3.05) is 31.6 Å². The molecule has 0 N–H and O–H groups in total. The second-order valence-electron chi connectivity index (χ2n) is 7.19. The van der Waals surface area contributed by atoms with Crippen LogP contribution in [0.4, 0.5) is 5.69 Å². The maximum Gasteiger partial charge on any atom is 0.258 e. The molecule has 148 valence electrons. The maximum atomic E-state index is 12.9. The molecule has 0 aliphatic carbocycles. The predicted molar refractivity (Wildman–Crippen MR) is 107 cm³/mol. The number of carbonyl (C=O) groups excluding carboxylic acids is 1. The fourth-order valence-electron chi connectivity index (χ4n) is 3.89. The summed E-state index contributed by atoms with van der Waals surface area (Å²) in [7, 11) is -1.88. The van der Waals surface area contributed by atoms with Crippen LogP contribution in [-0.4, -0.2) is 45.4 Å². The zero-order valence-electron chi connectivity index (χ0n) is 15.9. The number of benzene rings is 2. The van der Waals surface area contributed by atoms with Crippen molar-refractivity contribution < 1.29 is 17.9 Å². The van der Waals surface area contributed by atoms with Crippen LogP contribution in [0, 0.1) is 0 Å². The van der Waals surface area contributed by atoms with Gasteiger partial charge in [0.2, 0.25) is 10.0 Å². The van der Waals surface area contributed by atoms with Gasteiger partial charge in [-0.3, -0.25) is 4.79 Å². The Morgan fingerprint density at radius 2 is 1.68 bits per heavy atom. The minimum atomic E-state index is -3.47. The van der Waals surface area contributed by atoms with Crippen molar-refractivity contribution in [3.63, 3.8) is 0 Å². The minimum absolute atomic E-state index is 0.0898. The smallest absolute Gasteiger partial charge is 0.258 e. The number of hydrogen-bond acceptors (Lipinski definition) is 4. The Hall–Kier alpha value is -2.38. The number of piperidine rings is 1. The molecule has 1 fully saturated rings. The Kier molecular flexibility index (Phi) is 5.12. The molecule has 0 unspecified atom stereocenters. The molecular weight excluding hydrogens is 376 g/mol. The third-order valence-electron chi connectivity index (χ3n) is 5.48. The quantitative estimate of drug-likeness (QED) is 0.791. The molecule has 2 aliphatic rings. The normalized spacial score (nSPS) is 17.4. The van der Waals surface area contributed by atoms with Crippen LogP contribution in [0.15, 0.2) is 47.4 Å². The number of carbonyl (C=O) groups is 1. The number of rotatable bonds is 4. The lowest BCUT2D eigenvalue weighted by molar-refractivity contribution is 0.0989. The van der Waals surface area contributed by atoms with Crippen LogP contribution in [0.5, 0.6) is 5.75 Å². The second kappa shape index (κ2) is 7.56. The van der Waals surface area contributed by atoms with E-state index in [1.807, 2.05) is 0 Å². The van der Waals surface area contributed by atoms with E-state index >= 15 is 0 Å². The maximum absolute atomic E-state index is 12.9. The van der Waals surface area contributed by atoms with E-state index in [1.165, 1.54) is 0 Å².